The Hall–Kier alpha value is -5.06. The fourth-order valence-electron chi connectivity index (χ4n) is 6.10. The zero-order valence-corrected chi connectivity index (χ0v) is 25.5. The van der Waals surface area contributed by atoms with Gasteiger partial charge in [0, 0.05) is 40.2 Å². The number of phenolic OH excluding ortho intramolecular Hbond substituents is 1. The summed E-state index contributed by atoms with van der Waals surface area (Å²) < 4.78 is 40.8. The molecule has 0 aliphatic carbocycles. The summed E-state index contributed by atoms with van der Waals surface area (Å²) in [4.78, 5) is 16.6. The summed E-state index contributed by atoms with van der Waals surface area (Å²) in [6.07, 6.45) is 1.94. The lowest BCUT2D eigenvalue weighted by Gasteiger charge is -2.30. The zero-order chi connectivity index (χ0) is 31.3. The third-order valence-corrected chi connectivity index (χ3v) is 10.1. The van der Waals surface area contributed by atoms with E-state index in [0.29, 0.717) is 35.2 Å². The van der Waals surface area contributed by atoms with Gasteiger partial charge in [-0.25, -0.2) is 12.4 Å². The number of ether oxygens (including phenoxy) is 2. The van der Waals surface area contributed by atoms with E-state index < -0.39 is 28.1 Å². The van der Waals surface area contributed by atoms with Crippen LogP contribution in [0, 0.1) is 6.92 Å². The Balaban J connectivity index is 1.42. The fourth-order valence-corrected chi connectivity index (χ4v) is 7.47. The number of rotatable bonds is 7. The molecule has 9 nitrogen and oxygen atoms in total. The van der Waals surface area contributed by atoms with Crippen LogP contribution < -0.4 is 10.1 Å². The van der Waals surface area contributed by atoms with E-state index in [2.05, 4.69) is 10.3 Å². The van der Waals surface area contributed by atoms with Gasteiger partial charge in [-0.1, -0.05) is 48.0 Å². The number of hydrogen-bond acceptors (Lipinski definition) is 7. The van der Waals surface area contributed by atoms with Crippen molar-refractivity contribution in [1.82, 2.24) is 14.3 Å². The highest BCUT2D eigenvalue weighted by Crippen LogP contribution is 2.41. The van der Waals surface area contributed by atoms with Crippen LogP contribution in [0.3, 0.4) is 0 Å². The molecule has 0 bridgehead atoms. The molecule has 1 aliphatic heterocycles. The number of benzene rings is 4. The first-order chi connectivity index (χ1) is 21.7. The molecule has 0 spiro atoms. The van der Waals surface area contributed by atoms with Gasteiger partial charge in [-0.05, 0) is 66.6 Å². The molecule has 3 heterocycles. The molecule has 7 rings (SSSR count). The summed E-state index contributed by atoms with van der Waals surface area (Å²) in [5.41, 5.74) is 5.46. The molecule has 6 aromatic rings. The maximum absolute atomic E-state index is 14.1. The third-order valence-electron chi connectivity index (χ3n) is 8.38. The van der Waals surface area contributed by atoms with Crippen LogP contribution in [-0.4, -0.2) is 41.6 Å². The van der Waals surface area contributed by atoms with Gasteiger partial charge < -0.3 is 19.6 Å². The summed E-state index contributed by atoms with van der Waals surface area (Å²) in [5.74, 6) is 0.234. The lowest BCUT2D eigenvalue weighted by Crippen LogP contribution is -2.45. The second-order valence-corrected chi connectivity index (χ2v) is 13.1. The monoisotopic (exact) mass is 621 g/mol. The number of aromatic hydroxyl groups is 1. The summed E-state index contributed by atoms with van der Waals surface area (Å²) in [7, 11) is -2.66. The second kappa shape index (κ2) is 11.1. The van der Waals surface area contributed by atoms with Crippen molar-refractivity contribution in [3.63, 3.8) is 0 Å². The van der Waals surface area contributed by atoms with Crippen molar-refractivity contribution in [3.8, 4) is 11.5 Å². The van der Waals surface area contributed by atoms with Gasteiger partial charge in [-0.15, -0.1) is 0 Å². The van der Waals surface area contributed by atoms with E-state index in [0.717, 1.165) is 33.3 Å². The lowest BCUT2D eigenvalue weighted by molar-refractivity contribution is -0.143. The van der Waals surface area contributed by atoms with E-state index in [1.807, 2.05) is 43.3 Å². The van der Waals surface area contributed by atoms with Crippen LogP contribution in [0.1, 0.15) is 34.0 Å². The summed E-state index contributed by atoms with van der Waals surface area (Å²) in [6, 6.07) is 25.6. The molecule has 1 aliphatic rings. The number of carbonyl (C=O) groups is 1. The minimum Gasteiger partial charge on any atom is -0.508 e. The van der Waals surface area contributed by atoms with E-state index >= 15 is 0 Å². The highest BCUT2D eigenvalue weighted by atomic mass is 32.2. The molecule has 0 saturated heterocycles. The van der Waals surface area contributed by atoms with Gasteiger partial charge >= 0.3 is 5.97 Å². The lowest BCUT2D eigenvalue weighted by atomic mass is 9.90. The SMILES string of the molecule is COC(=O)[C@@H]1Cc2c([nH]c3ccc(O)cc23)C(c2cn(S(=O)(=O)c3ccc(C)cc3)c3ccc(OCc4ccccc4)cc23)N1. The summed E-state index contributed by atoms with van der Waals surface area (Å²) in [5, 5.41) is 15.1. The van der Waals surface area contributed by atoms with E-state index in [-0.39, 0.29) is 10.6 Å². The number of phenols is 1. The number of methoxy groups -OCH3 is 1. The van der Waals surface area contributed by atoms with Crippen molar-refractivity contribution in [2.75, 3.05) is 7.11 Å². The predicted octanol–water partition coefficient (Wildman–Crippen LogP) is 5.73. The Kier molecular flexibility index (Phi) is 7.10. The molecular weight excluding hydrogens is 590 g/mol. The summed E-state index contributed by atoms with van der Waals surface area (Å²) >= 11 is 0. The zero-order valence-electron chi connectivity index (χ0n) is 24.7. The largest absolute Gasteiger partial charge is 0.508 e. The number of aryl methyl sites for hydroxylation is 1. The van der Waals surface area contributed by atoms with E-state index in [9.17, 15) is 18.3 Å². The number of hydrogen-bond donors (Lipinski definition) is 3. The maximum Gasteiger partial charge on any atom is 0.323 e. The average Bonchev–Trinajstić information content (AvgIpc) is 3.62. The van der Waals surface area contributed by atoms with Crippen LogP contribution in [-0.2, 0) is 32.6 Å². The van der Waals surface area contributed by atoms with Crippen molar-refractivity contribution in [1.29, 1.82) is 0 Å². The van der Waals surface area contributed by atoms with Crippen LogP contribution in [0.15, 0.2) is 102 Å². The van der Waals surface area contributed by atoms with Crippen molar-refractivity contribution >= 4 is 37.8 Å². The molecule has 2 aromatic heterocycles. The standard InChI is InChI=1S/C35H31N3O6S/c1-21-8-12-25(13-9-21)45(41,42)38-19-29(27-17-24(11-15-32(27)38)44-20-22-6-4-3-5-7-22)34-33-28(18-31(37-34)35(40)43-2)26-16-23(39)10-14-30(26)36-33/h3-17,19,31,34,36-37,39H,18,20H2,1-2H3/t31-,34?/m0/s1. The van der Waals surface area contributed by atoms with Crippen molar-refractivity contribution in [2.45, 2.75) is 36.9 Å². The van der Waals surface area contributed by atoms with E-state index in [1.165, 1.54) is 11.1 Å². The fraction of sp³-hybridized carbons (Fsp3) is 0.171. The third kappa shape index (κ3) is 5.11. The highest BCUT2D eigenvalue weighted by Gasteiger charge is 2.37. The van der Waals surface area contributed by atoms with Crippen LogP contribution in [0.4, 0.5) is 0 Å². The van der Waals surface area contributed by atoms with Gasteiger partial charge in [-0.3, -0.25) is 10.1 Å². The molecule has 0 saturated carbocycles. The van der Waals surface area contributed by atoms with Crippen LogP contribution >= 0.6 is 0 Å². The van der Waals surface area contributed by atoms with Gasteiger partial charge in [0.1, 0.15) is 24.1 Å². The minimum absolute atomic E-state index is 0.106. The van der Waals surface area contributed by atoms with Crippen molar-refractivity contribution < 1.29 is 27.8 Å². The number of aromatic nitrogens is 2. The Labute approximate surface area is 260 Å². The first kappa shape index (κ1) is 28.7. The number of nitrogens with one attached hydrogen (secondary N) is 2. The molecule has 4 aromatic carbocycles. The number of fused-ring (bicyclic) bond motifs is 4. The molecular formula is C35H31N3O6S. The molecule has 0 fully saturated rings. The van der Waals surface area contributed by atoms with Crippen LogP contribution in [0.2, 0.25) is 0 Å². The predicted molar refractivity (Wildman–Crippen MR) is 171 cm³/mol. The smallest absolute Gasteiger partial charge is 0.323 e. The van der Waals surface area contributed by atoms with Crippen LogP contribution in [0.25, 0.3) is 21.8 Å². The number of carbonyl (C=O) groups excluding carboxylic acids is 1. The topological polar surface area (TPSA) is 123 Å². The molecule has 3 N–H and O–H groups in total. The number of nitrogens with zero attached hydrogens (tertiary/aromatic N) is 1. The molecule has 10 heteroatoms. The first-order valence-corrected chi connectivity index (χ1v) is 16.0. The van der Waals surface area contributed by atoms with Crippen molar-refractivity contribution in [2.24, 2.45) is 0 Å². The highest BCUT2D eigenvalue weighted by molar-refractivity contribution is 7.90. The molecule has 0 amide bonds. The Bertz CT molecular complexity index is 2170. The second-order valence-electron chi connectivity index (χ2n) is 11.3. The molecule has 45 heavy (non-hydrogen) atoms. The van der Waals surface area contributed by atoms with Gasteiger partial charge in [0.05, 0.1) is 23.6 Å². The average molecular weight is 622 g/mol. The maximum atomic E-state index is 14.1. The molecule has 2 atom stereocenters. The molecule has 1 unspecified atom stereocenters. The Morgan fingerprint density at radius 2 is 1.76 bits per heavy atom. The van der Waals surface area contributed by atoms with E-state index in [4.69, 9.17) is 9.47 Å². The quantitative estimate of drug-likeness (QED) is 0.195. The number of H-pyrrole nitrogens is 1. The van der Waals surface area contributed by atoms with Crippen molar-refractivity contribution in [3.05, 3.63) is 125 Å². The van der Waals surface area contributed by atoms with Gasteiger partial charge in [0.2, 0.25) is 0 Å². The first-order valence-electron chi connectivity index (χ1n) is 14.5. The minimum atomic E-state index is -4.00. The molecule has 228 valence electrons. The van der Waals surface area contributed by atoms with Crippen LogP contribution in [0.5, 0.6) is 11.5 Å². The Morgan fingerprint density at radius 3 is 2.51 bits per heavy atom. The number of esters is 1. The van der Waals surface area contributed by atoms with Gasteiger partial charge in [0.15, 0.2) is 0 Å². The summed E-state index contributed by atoms with van der Waals surface area (Å²) in [6.45, 7) is 2.24. The molecule has 0 radical (unpaired) electrons. The van der Waals surface area contributed by atoms with E-state index in [1.54, 1.807) is 60.8 Å². The normalized spacial score (nSPS) is 16.5. The Morgan fingerprint density at radius 1 is 0.978 bits per heavy atom. The van der Waals surface area contributed by atoms with Gasteiger partial charge in [-0.2, -0.15) is 0 Å². The van der Waals surface area contributed by atoms with Gasteiger partial charge in [0.25, 0.3) is 10.0 Å². The number of aromatic amines is 1.